The van der Waals surface area contributed by atoms with E-state index < -0.39 is 10.0 Å². The molecule has 1 aromatic rings. The van der Waals surface area contributed by atoms with E-state index in [1.807, 2.05) is 0 Å². The summed E-state index contributed by atoms with van der Waals surface area (Å²) in [6.07, 6.45) is 2.15. The molecule has 0 spiro atoms. The Morgan fingerprint density at radius 2 is 2.05 bits per heavy atom. The minimum absolute atomic E-state index is 0.0142. The Morgan fingerprint density at radius 1 is 1.30 bits per heavy atom. The molecule has 3 fully saturated rings. The molecule has 0 amide bonds. The van der Waals surface area contributed by atoms with Gasteiger partial charge in [-0.15, -0.1) is 0 Å². The lowest BCUT2D eigenvalue weighted by Crippen LogP contribution is -2.57. The third-order valence-corrected chi connectivity index (χ3v) is 5.84. The van der Waals surface area contributed by atoms with E-state index in [1.165, 1.54) is 6.07 Å². The summed E-state index contributed by atoms with van der Waals surface area (Å²) >= 11 is 0. The van der Waals surface area contributed by atoms with Gasteiger partial charge in [-0.25, -0.2) is 13.1 Å². The number of aliphatic hydroxyl groups excluding tert-OH is 1. The van der Waals surface area contributed by atoms with Crippen LogP contribution in [0.3, 0.4) is 0 Å². The number of rotatable bonds is 4. The number of hydrogen-bond donors (Lipinski definition) is 2. The monoisotopic (exact) mass is 296 g/mol. The molecule has 3 saturated heterocycles. The average molecular weight is 296 g/mol. The number of nitrogens with one attached hydrogen (secondary N) is 1. The molecule has 110 valence electrons. The highest BCUT2D eigenvalue weighted by molar-refractivity contribution is 7.89. The fourth-order valence-corrected chi connectivity index (χ4v) is 4.54. The Kier molecular flexibility index (Phi) is 3.81. The van der Waals surface area contributed by atoms with Crippen molar-refractivity contribution in [3.63, 3.8) is 0 Å². The Labute approximate surface area is 119 Å². The van der Waals surface area contributed by atoms with E-state index in [2.05, 4.69) is 9.62 Å². The highest BCUT2D eigenvalue weighted by atomic mass is 32.2. The number of sulfonamides is 1. The summed E-state index contributed by atoms with van der Waals surface area (Å²) in [4.78, 5) is 2.55. The molecule has 0 aromatic heterocycles. The Bertz CT molecular complexity index is 580. The summed E-state index contributed by atoms with van der Waals surface area (Å²) in [5, 5.41) is 9.11. The Morgan fingerprint density at radius 3 is 2.65 bits per heavy atom. The third-order valence-electron chi connectivity index (χ3n) is 4.35. The summed E-state index contributed by atoms with van der Waals surface area (Å²) in [6.45, 7) is 2.83. The average Bonchev–Trinajstić information content (AvgIpc) is 2.48. The quantitative estimate of drug-likeness (QED) is 0.851. The van der Waals surface area contributed by atoms with E-state index >= 15 is 0 Å². The van der Waals surface area contributed by atoms with Crippen LogP contribution in [0.1, 0.15) is 18.4 Å². The first kappa shape index (κ1) is 14.0. The van der Waals surface area contributed by atoms with Crippen molar-refractivity contribution in [3.05, 3.63) is 29.8 Å². The fourth-order valence-electron chi connectivity index (χ4n) is 3.18. The Hall–Kier alpha value is -0.950. The maximum absolute atomic E-state index is 12.4. The lowest BCUT2D eigenvalue weighted by Gasteiger charge is -2.44. The van der Waals surface area contributed by atoms with Gasteiger partial charge in [-0.2, -0.15) is 0 Å². The van der Waals surface area contributed by atoms with Crippen molar-refractivity contribution in [3.8, 4) is 0 Å². The van der Waals surface area contributed by atoms with Crippen molar-refractivity contribution >= 4 is 10.0 Å². The van der Waals surface area contributed by atoms with Gasteiger partial charge in [0.25, 0.3) is 0 Å². The zero-order chi connectivity index (χ0) is 14.2. The van der Waals surface area contributed by atoms with Gasteiger partial charge >= 0.3 is 0 Å². The number of piperidine rings is 3. The van der Waals surface area contributed by atoms with E-state index in [9.17, 15) is 8.42 Å². The predicted octanol–water partition coefficient (Wildman–Crippen LogP) is 0.551. The number of fused-ring (bicyclic) bond motifs is 3. The summed E-state index contributed by atoms with van der Waals surface area (Å²) < 4.78 is 27.7. The van der Waals surface area contributed by atoms with E-state index in [-0.39, 0.29) is 17.5 Å². The van der Waals surface area contributed by atoms with Crippen LogP contribution in [0, 0.1) is 5.92 Å². The summed E-state index contributed by atoms with van der Waals surface area (Å²) in [7, 11) is -3.50. The molecule has 0 aliphatic carbocycles. The van der Waals surface area contributed by atoms with Gasteiger partial charge in [0.05, 0.1) is 11.5 Å². The van der Waals surface area contributed by atoms with Gasteiger partial charge in [0.1, 0.15) is 0 Å². The minimum atomic E-state index is -3.50. The van der Waals surface area contributed by atoms with Gasteiger partial charge in [0.2, 0.25) is 10.0 Å². The van der Waals surface area contributed by atoms with Crippen molar-refractivity contribution in [2.45, 2.75) is 30.4 Å². The van der Waals surface area contributed by atoms with Gasteiger partial charge in [-0.3, -0.25) is 0 Å². The first-order chi connectivity index (χ1) is 9.58. The van der Waals surface area contributed by atoms with Gasteiger partial charge in [-0.1, -0.05) is 12.1 Å². The number of aliphatic hydroxyl groups is 1. The van der Waals surface area contributed by atoms with Crippen molar-refractivity contribution in [1.29, 1.82) is 0 Å². The molecule has 0 saturated carbocycles. The van der Waals surface area contributed by atoms with Crippen LogP contribution < -0.4 is 4.72 Å². The smallest absolute Gasteiger partial charge is 0.240 e. The molecule has 1 unspecified atom stereocenters. The van der Waals surface area contributed by atoms with Crippen LogP contribution in [0.5, 0.6) is 0 Å². The molecule has 5 nitrogen and oxygen atoms in total. The summed E-state index contributed by atoms with van der Waals surface area (Å²) in [5.41, 5.74) is 0.613. The van der Waals surface area contributed by atoms with Crippen LogP contribution in [0.2, 0.25) is 0 Å². The van der Waals surface area contributed by atoms with Gasteiger partial charge < -0.3 is 10.0 Å². The fraction of sp³-hybridized carbons (Fsp3) is 0.571. The molecule has 0 radical (unpaired) electrons. The molecule has 1 atom stereocenters. The van der Waals surface area contributed by atoms with Gasteiger partial charge in [0, 0.05) is 12.6 Å². The van der Waals surface area contributed by atoms with Crippen molar-refractivity contribution < 1.29 is 13.5 Å². The van der Waals surface area contributed by atoms with Crippen molar-refractivity contribution in [2.24, 2.45) is 5.92 Å². The lowest BCUT2D eigenvalue weighted by atomic mass is 9.85. The molecule has 1 aromatic carbocycles. The third kappa shape index (κ3) is 2.74. The lowest BCUT2D eigenvalue weighted by molar-refractivity contribution is 0.0827. The molecule has 2 bridgehead atoms. The van der Waals surface area contributed by atoms with Gasteiger partial charge in [0.15, 0.2) is 0 Å². The summed E-state index contributed by atoms with van der Waals surface area (Å²) in [5.74, 6) is 0.454. The van der Waals surface area contributed by atoms with Crippen molar-refractivity contribution in [1.82, 2.24) is 9.62 Å². The maximum Gasteiger partial charge on any atom is 0.240 e. The van der Waals surface area contributed by atoms with Crippen LogP contribution in [0.4, 0.5) is 0 Å². The molecule has 2 N–H and O–H groups in total. The SMILES string of the molecule is O=S(=O)(NC1CN2CCC1CC2)c1cccc(CO)c1. The van der Waals surface area contributed by atoms with Crippen LogP contribution in [0.25, 0.3) is 0 Å². The van der Waals surface area contributed by atoms with Crippen LogP contribution in [-0.4, -0.2) is 44.1 Å². The molecule has 6 heteroatoms. The van der Waals surface area contributed by atoms with Crippen LogP contribution >= 0.6 is 0 Å². The number of benzene rings is 1. The van der Waals surface area contributed by atoms with E-state index in [1.54, 1.807) is 18.2 Å². The van der Waals surface area contributed by atoms with E-state index in [0.717, 1.165) is 32.5 Å². The van der Waals surface area contributed by atoms with Crippen LogP contribution in [-0.2, 0) is 16.6 Å². The zero-order valence-corrected chi connectivity index (χ0v) is 12.1. The molecular formula is C14H20N2O3S. The first-order valence-corrected chi connectivity index (χ1v) is 8.51. The first-order valence-electron chi connectivity index (χ1n) is 7.03. The maximum atomic E-state index is 12.4. The summed E-state index contributed by atoms with van der Waals surface area (Å²) in [6, 6.07) is 6.50. The molecule has 4 rings (SSSR count). The molecule has 3 aliphatic rings. The standard InChI is InChI=1S/C14H20N2O3S/c17-10-11-2-1-3-13(8-11)20(18,19)15-14-9-16-6-4-12(14)5-7-16/h1-3,8,12,14-15,17H,4-7,9-10H2. The van der Waals surface area contributed by atoms with Gasteiger partial charge in [-0.05, 0) is 49.5 Å². The van der Waals surface area contributed by atoms with Crippen molar-refractivity contribution in [2.75, 3.05) is 19.6 Å². The largest absolute Gasteiger partial charge is 0.392 e. The second-order valence-electron chi connectivity index (χ2n) is 5.67. The van der Waals surface area contributed by atoms with E-state index in [0.29, 0.717) is 11.5 Å². The number of nitrogens with zero attached hydrogens (tertiary/aromatic N) is 1. The second-order valence-corrected chi connectivity index (χ2v) is 7.39. The number of hydrogen-bond acceptors (Lipinski definition) is 4. The highest BCUT2D eigenvalue weighted by Gasteiger charge is 2.36. The molecule has 3 heterocycles. The predicted molar refractivity (Wildman–Crippen MR) is 75.6 cm³/mol. The molecule has 20 heavy (non-hydrogen) atoms. The zero-order valence-electron chi connectivity index (χ0n) is 11.3. The Balaban J connectivity index is 1.78. The normalized spacial score (nSPS) is 29.6. The van der Waals surface area contributed by atoms with E-state index in [4.69, 9.17) is 5.11 Å². The topological polar surface area (TPSA) is 69.6 Å². The molecule has 3 aliphatic heterocycles. The van der Waals surface area contributed by atoms with Crippen LogP contribution in [0.15, 0.2) is 29.2 Å². The highest BCUT2D eigenvalue weighted by Crippen LogP contribution is 2.28. The molecular weight excluding hydrogens is 276 g/mol. The second kappa shape index (κ2) is 5.44. The minimum Gasteiger partial charge on any atom is -0.392 e.